The van der Waals surface area contributed by atoms with Gasteiger partial charge in [0.25, 0.3) is 0 Å². The minimum Gasteiger partial charge on any atom is -0.497 e. The number of hydrogen-bond donors (Lipinski definition) is 1. The average Bonchev–Trinajstić information content (AvgIpc) is 2.38. The molecule has 0 aliphatic rings. The molecule has 0 saturated carbocycles. The number of benzene rings is 1. The van der Waals surface area contributed by atoms with Crippen LogP contribution in [0.1, 0.15) is 13.8 Å². The van der Waals surface area contributed by atoms with Gasteiger partial charge in [-0.05, 0) is 26.0 Å². The van der Waals surface area contributed by atoms with Gasteiger partial charge in [-0.15, -0.1) is 0 Å². The van der Waals surface area contributed by atoms with Crippen LogP contribution in [0.15, 0.2) is 24.3 Å². The van der Waals surface area contributed by atoms with Gasteiger partial charge in [-0.25, -0.2) is 0 Å². The molecule has 1 atom stereocenters. The standard InChI is InChI=1S/C14H24N2O2/c1-14(2,18-5)13(15)10-16(3)11-7-6-8-12(9-11)17-4/h6-9,13H,10,15H2,1-5H3. The third-order valence-electron chi connectivity index (χ3n) is 3.38. The lowest BCUT2D eigenvalue weighted by Crippen LogP contribution is -2.51. The predicted molar refractivity (Wildman–Crippen MR) is 75.3 cm³/mol. The molecule has 2 N–H and O–H groups in total. The van der Waals surface area contributed by atoms with Gasteiger partial charge in [0.2, 0.25) is 0 Å². The van der Waals surface area contributed by atoms with E-state index in [0.717, 1.165) is 11.4 Å². The smallest absolute Gasteiger partial charge is 0.120 e. The molecule has 18 heavy (non-hydrogen) atoms. The second-order valence-corrected chi connectivity index (χ2v) is 5.00. The molecule has 0 bridgehead atoms. The summed E-state index contributed by atoms with van der Waals surface area (Å²) in [5, 5.41) is 0. The molecule has 0 fully saturated rings. The highest BCUT2D eigenvalue weighted by molar-refractivity contribution is 5.50. The van der Waals surface area contributed by atoms with E-state index in [1.54, 1.807) is 14.2 Å². The largest absolute Gasteiger partial charge is 0.497 e. The van der Waals surface area contributed by atoms with Crippen molar-refractivity contribution in [3.63, 3.8) is 0 Å². The molecular weight excluding hydrogens is 228 g/mol. The van der Waals surface area contributed by atoms with Gasteiger partial charge in [0, 0.05) is 32.5 Å². The van der Waals surface area contributed by atoms with Crippen LogP contribution < -0.4 is 15.4 Å². The molecule has 0 aromatic heterocycles. The lowest BCUT2D eigenvalue weighted by molar-refractivity contribution is 0.00280. The first-order valence-corrected chi connectivity index (χ1v) is 6.06. The zero-order chi connectivity index (χ0) is 13.8. The van der Waals surface area contributed by atoms with Gasteiger partial charge in [-0.2, -0.15) is 0 Å². The first-order valence-electron chi connectivity index (χ1n) is 6.06. The lowest BCUT2D eigenvalue weighted by atomic mass is 9.99. The number of methoxy groups -OCH3 is 2. The summed E-state index contributed by atoms with van der Waals surface area (Å²) in [4.78, 5) is 2.11. The monoisotopic (exact) mass is 252 g/mol. The van der Waals surface area contributed by atoms with Gasteiger partial charge in [0.15, 0.2) is 0 Å². The Labute approximate surface area is 110 Å². The number of likely N-dealkylation sites (N-methyl/N-ethyl adjacent to an activating group) is 1. The first kappa shape index (κ1) is 14.8. The highest BCUT2D eigenvalue weighted by atomic mass is 16.5. The van der Waals surface area contributed by atoms with Gasteiger partial charge in [-0.3, -0.25) is 0 Å². The normalized spacial score (nSPS) is 13.2. The molecule has 102 valence electrons. The Balaban J connectivity index is 2.72. The Morgan fingerprint density at radius 2 is 2.00 bits per heavy atom. The molecule has 0 heterocycles. The van der Waals surface area contributed by atoms with Gasteiger partial charge >= 0.3 is 0 Å². The molecule has 1 rings (SSSR count). The van der Waals surface area contributed by atoms with Gasteiger partial charge in [-0.1, -0.05) is 6.07 Å². The van der Waals surface area contributed by atoms with Crippen LogP contribution in [0.5, 0.6) is 5.75 Å². The third kappa shape index (κ3) is 3.62. The van der Waals surface area contributed by atoms with E-state index in [9.17, 15) is 0 Å². The van der Waals surface area contributed by atoms with Crippen molar-refractivity contribution in [1.29, 1.82) is 0 Å². The fraction of sp³-hybridized carbons (Fsp3) is 0.571. The molecule has 1 unspecified atom stereocenters. The maximum atomic E-state index is 6.17. The van der Waals surface area contributed by atoms with Crippen molar-refractivity contribution in [2.45, 2.75) is 25.5 Å². The topological polar surface area (TPSA) is 47.7 Å². The summed E-state index contributed by atoms with van der Waals surface area (Å²) in [6.07, 6.45) is 0. The van der Waals surface area contributed by atoms with Crippen molar-refractivity contribution in [2.75, 3.05) is 32.7 Å². The zero-order valence-electron chi connectivity index (χ0n) is 11.9. The molecule has 1 aromatic carbocycles. The summed E-state index contributed by atoms with van der Waals surface area (Å²) in [6.45, 7) is 4.71. The molecule has 0 aliphatic heterocycles. The van der Waals surface area contributed by atoms with E-state index < -0.39 is 0 Å². The molecule has 0 spiro atoms. The van der Waals surface area contributed by atoms with Crippen LogP contribution >= 0.6 is 0 Å². The van der Waals surface area contributed by atoms with E-state index >= 15 is 0 Å². The van der Waals surface area contributed by atoms with Crippen LogP contribution in [0.2, 0.25) is 0 Å². The fourth-order valence-electron chi connectivity index (χ4n) is 1.62. The van der Waals surface area contributed by atoms with Crippen LogP contribution in [0, 0.1) is 0 Å². The number of anilines is 1. The van der Waals surface area contributed by atoms with Crippen LogP contribution in [0.25, 0.3) is 0 Å². The predicted octanol–water partition coefficient (Wildman–Crippen LogP) is 1.88. The number of ether oxygens (including phenoxy) is 2. The Kier molecular flexibility index (Phi) is 4.99. The van der Waals surface area contributed by atoms with Gasteiger partial charge in [0.05, 0.1) is 18.8 Å². The Morgan fingerprint density at radius 3 is 2.56 bits per heavy atom. The third-order valence-corrected chi connectivity index (χ3v) is 3.38. The highest BCUT2D eigenvalue weighted by Crippen LogP contribution is 2.21. The van der Waals surface area contributed by atoms with Crippen molar-refractivity contribution < 1.29 is 9.47 Å². The number of hydrogen-bond acceptors (Lipinski definition) is 4. The SMILES string of the molecule is COc1cccc(N(C)CC(N)C(C)(C)OC)c1. The molecular formula is C14H24N2O2. The Hall–Kier alpha value is -1.26. The van der Waals surface area contributed by atoms with E-state index in [2.05, 4.69) is 4.90 Å². The Morgan fingerprint density at radius 1 is 1.33 bits per heavy atom. The number of rotatable bonds is 6. The molecule has 4 heteroatoms. The quantitative estimate of drug-likeness (QED) is 0.840. The summed E-state index contributed by atoms with van der Waals surface area (Å²) >= 11 is 0. The van der Waals surface area contributed by atoms with Crippen molar-refractivity contribution in [2.24, 2.45) is 5.73 Å². The van der Waals surface area contributed by atoms with Crippen LogP contribution in [0.3, 0.4) is 0 Å². The second kappa shape index (κ2) is 6.07. The summed E-state index contributed by atoms with van der Waals surface area (Å²) in [6, 6.07) is 7.86. The van der Waals surface area contributed by atoms with Gasteiger partial charge < -0.3 is 20.1 Å². The van der Waals surface area contributed by atoms with E-state index in [0.29, 0.717) is 6.54 Å². The maximum Gasteiger partial charge on any atom is 0.120 e. The lowest BCUT2D eigenvalue weighted by Gasteiger charge is -2.33. The minimum atomic E-state index is -0.340. The number of nitrogens with two attached hydrogens (primary N) is 1. The highest BCUT2D eigenvalue weighted by Gasteiger charge is 2.26. The van der Waals surface area contributed by atoms with Crippen LogP contribution in [-0.2, 0) is 4.74 Å². The summed E-state index contributed by atoms with van der Waals surface area (Å²) < 4.78 is 10.6. The Bertz CT molecular complexity index is 380. The summed E-state index contributed by atoms with van der Waals surface area (Å²) in [7, 11) is 5.37. The van der Waals surface area contributed by atoms with E-state index in [1.807, 2.05) is 45.2 Å². The van der Waals surface area contributed by atoms with Crippen molar-refractivity contribution >= 4 is 5.69 Å². The molecule has 0 saturated heterocycles. The molecule has 1 aromatic rings. The molecule has 4 nitrogen and oxygen atoms in total. The fourth-order valence-corrected chi connectivity index (χ4v) is 1.62. The van der Waals surface area contributed by atoms with Crippen molar-refractivity contribution in [3.05, 3.63) is 24.3 Å². The van der Waals surface area contributed by atoms with E-state index in [1.165, 1.54) is 0 Å². The van der Waals surface area contributed by atoms with Crippen LogP contribution in [0.4, 0.5) is 5.69 Å². The average molecular weight is 252 g/mol. The van der Waals surface area contributed by atoms with Crippen LogP contribution in [-0.4, -0.2) is 39.5 Å². The summed E-state index contributed by atoms with van der Waals surface area (Å²) in [5.74, 6) is 0.846. The zero-order valence-corrected chi connectivity index (χ0v) is 11.9. The van der Waals surface area contributed by atoms with Crippen molar-refractivity contribution in [1.82, 2.24) is 0 Å². The maximum absolute atomic E-state index is 6.17. The number of nitrogens with zero attached hydrogens (tertiary/aromatic N) is 1. The minimum absolute atomic E-state index is 0.0706. The second-order valence-electron chi connectivity index (χ2n) is 5.00. The van der Waals surface area contributed by atoms with E-state index in [-0.39, 0.29) is 11.6 Å². The summed E-state index contributed by atoms with van der Waals surface area (Å²) in [5.41, 5.74) is 6.91. The molecule has 0 aliphatic carbocycles. The van der Waals surface area contributed by atoms with Crippen molar-refractivity contribution in [3.8, 4) is 5.75 Å². The first-order chi connectivity index (χ1) is 8.40. The molecule has 0 radical (unpaired) electrons. The molecule has 0 amide bonds. The van der Waals surface area contributed by atoms with Gasteiger partial charge in [0.1, 0.15) is 5.75 Å². The van der Waals surface area contributed by atoms with E-state index in [4.69, 9.17) is 15.2 Å².